The van der Waals surface area contributed by atoms with Crippen LogP contribution in [0.25, 0.3) is 10.9 Å². The Morgan fingerprint density at radius 3 is 2.88 bits per heavy atom. The van der Waals surface area contributed by atoms with E-state index >= 15 is 0 Å². The molecule has 1 aromatic carbocycles. The molecule has 0 aliphatic rings. The highest BCUT2D eigenvalue weighted by molar-refractivity contribution is 6.32. The van der Waals surface area contributed by atoms with Crippen molar-refractivity contribution in [2.45, 2.75) is 13.3 Å². The second-order valence-electron chi connectivity index (χ2n) is 3.73. The van der Waals surface area contributed by atoms with Crippen molar-refractivity contribution in [2.24, 2.45) is 0 Å². The Morgan fingerprint density at radius 1 is 1.44 bits per heavy atom. The molecule has 0 fully saturated rings. The number of halogens is 1. The van der Waals surface area contributed by atoms with E-state index in [1.54, 1.807) is 12.1 Å². The van der Waals surface area contributed by atoms with Gasteiger partial charge in [0.25, 0.3) is 5.56 Å². The van der Waals surface area contributed by atoms with E-state index in [0.717, 1.165) is 16.5 Å². The van der Waals surface area contributed by atoms with Crippen LogP contribution in [0.5, 0.6) is 0 Å². The summed E-state index contributed by atoms with van der Waals surface area (Å²) < 4.78 is 0. The number of fused-ring (bicyclic) bond motifs is 1. The molecule has 0 saturated heterocycles. The van der Waals surface area contributed by atoms with Gasteiger partial charge in [-0.25, -0.2) is 0 Å². The normalized spacial score (nSPS) is 10.9. The minimum absolute atomic E-state index is 0.0266. The van der Waals surface area contributed by atoms with Gasteiger partial charge in [0, 0.05) is 23.6 Å². The van der Waals surface area contributed by atoms with E-state index < -0.39 is 0 Å². The first kappa shape index (κ1) is 11.2. The molecule has 4 heteroatoms. The monoisotopic (exact) mass is 237 g/mol. The predicted molar refractivity (Wildman–Crippen MR) is 65.1 cm³/mol. The van der Waals surface area contributed by atoms with Gasteiger partial charge >= 0.3 is 0 Å². The van der Waals surface area contributed by atoms with E-state index in [1.807, 2.05) is 13.0 Å². The molecular formula is C12H12ClNO2. The quantitative estimate of drug-likeness (QED) is 0.840. The van der Waals surface area contributed by atoms with Gasteiger partial charge in [-0.3, -0.25) is 4.79 Å². The second kappa shape index (κ2) is 4.28. The summed E-state index contributed by atoms with van der Waals surface area (Å²) in [6.45, 7) is 1.84. The second-order valence-corrected chi connectivity index (χ2v) is 4.14. The average Bonchev–Trinajstić information content (AvgIpc) is 2.26. The Balaban J connectivity index is 2.74. The number of pyridine rings is 1. The smallest absolute Gasteiger partial charge is 0.251 e. The third kappa shape index (κ3) is 1.84. The van der Waals surface area contributed by atoms with Crippen LogP contribution in [0.1, 0.15) is 11.1 Å². The van der Waals surface area contributed by atoms with Gasteiger partial charge in [-0.05, 0) is 30.0 Å². The van der Waals surface area contributed by atoms with Crippen LogP contribution in [0.4, 0.5) is 0 Å². The average molecular weight is 238 g/mol. The molecule has 0 spiro atoms. The van der Waals surface area contributed by atoms with Gasteiger partial charge in [-0.15, -0.1) is 0 Å². The summed E-state index contributed by atoms with van der Waals surface area (Å²) in [6.07, 6.45) is 0.368. The van der Waals surface area contributed by atoms with Crippen LogP contribution >= 0.6 is 11.6 Å². The number of aromatic amines is 1. The van der Waals surface area contributed by atoms with Gasteiger partial charge in [0.05, 0.1) is 5.52 Å². The van der Waals surface area contributed by atoms with Gasteiger partial charge in [0.2, 0.25) is 0 Å². The molecule has 2 aromatic rings. The summed E-state index contributed by atoms with van der Waals surface area (Å²) in [7, 11) is 0. The van der Waals surface area contributed by atoms with Crippen molar-refractivity contribution in [3.05, 3.63) is 44.7 Å². The maximum absolute atomic E-state index is 11.7. The molecule has 0 unspecified atom stereocenters. The lowest BCUT2D eigenvalue weighted by Crippen LogP contribution is -2.14. The predicted octanol–water partition coefficient (Wildman–Crippen LogP) is 2.02. The standard InChI is InChI=1S/C12H12ClNO2/c1-7-10(13)3-2-8-6-9(4-5-15)12(16)14-11(7)8/h2-3,6,15H,4-5H2,1H3,(H,14,16). The van der Waals surface area contributed by atoms with Crippen LogP contribution in [-0.2, 0) is 6.42 Å². The van der Waals surface area contributed by atoms with Gasteiger partial charge in [-0.1, -0.05) is 17.7 Å². The van der Waals surface area contributed by atoms with E-state index in [9.17, 15) is 4.79 Å². The van der Waals surface area contributed by atoms with Crippen LogP contribution < -0.4 is 5.56 Å². The molecule has 1 heterocycles. The van der Waals surface area contributed by atoms with Gasteiger partial charge in [0.15, 0.2) is 0 Å². The van der Waals surface area contributed by atoms with Crippen LogP contribution in [0.3, 0.4) is 0 Å². The Labute approximate surface area is 97.7 Å². The number of aliphatic hydroxyl groups excluding tert-OH is 1. The highest BCUT2D eigenvalue weighted by atomic mass is 35.5. The van der Waals surface area contributed by atoms with Crippen LogP contribution in [0.2, 0.25) is 5.02 Å². The number of aliphatic hydroxyl groups is 1. The number of benzene rings is 1. The van der Waals surface area contributed by atoms with Crippen molar-refractivity contribution in [3.8, 4) is 0 Å². The number of hydrogen-bond donors (Lipinski definition) is 2. The molecule has 0 bridgehead atoms. The van der Waals surface area contributed by atoms with Crippen molar-refractivity contribution in [3.63, 3.8) is 0 Å². The molecule has 0 amide bonds. The van der Waals surface area contributed by atoms with Crippen LogP contribution in [-0.4, -0.2) is 16.7 Å². The molecule has 16 heavy (non-hydrogen) atoms. The summed E-state index contributed by atoms with van der Waals surface area (Å²) in [5, 5.41) is 10.4. The highest BCUT2D eigenvalue weighted by Crippen LogP contribution is 2.23. The highest BCUT2D eigenvalue weighted by Gasteiger charge is 2.06. The molecular weight excluding hydrogens is 226 g/mol. The number of nitrogens with one attached hydrogen (secondary N) is 1. The lowest BCUT2D eigenvalue weighted by atomic mass is 10.1. The number of aryl methyl sites for hydroxylation is 1. The summed E-state index contributed by atoms with van der Waals surface area (Å²) >= 11 is 5.98. The van der Waals surface area contributed by atoms with Crippen molar-refractivity contribution in [1.82, 2.24) is 4.98 Å². The SMILES string of the molecule is Cc1c(Cl)ccc2cc(CCO)c(=O)[nH]c12. The first-order chi connectivity index (χ1) is 7.63. The first-order valence-corrected chi connectivity index (χ1v) is 5.43. The maximum atomic E-state index is 11.7. The molecule has 0 aliphatic carbocycles. The van der Waals surface area contributed by atoms with Crippen molar-refractivity contribution in [1.29, 1.82) is 0 Å². The summed E-state index contributed by atoms with van der Waals surface area (Å²) in [6, 6.07) is 5.47. The molecule has 0 radical (unpaired) electrons. The van der Waals surface area contributed by atoms with Crippen molar-refractivity contribution in [2.75, 3.05) is 6.61 Å². The lowest BCUT2D eigenvalue weighted by molar-refractivity contribution is 0.299. The minimum Gasteiger partial charge on any atom is -0.396 e. The summed E-state index contributed by atoms with van der Waals surface area (Å²) in [4.78, 5) is 14.5. The van der Waals surface area contributed by atoms with E-state index in [4.69, 9.17) is 16.7 Å². The molecule has 0 saturated carbocycles. The minimum atomic E-state index is -0.160. The first-order valence-electron chi connectivity index (χ1n) is 5.05. The van der Waals surface area contributed by atoms with E-state index in [-0.39, 0.29) is 12.2 Å². The summed E-state index contributed by atoms with van der Waals surface area (Å²) in [5.74, 6) is 0. The number of aromatic nitrogens is 1. The fourth-order valence-electron chi connectivity index (χ4n) is 1.75. The number of rotatable bonds is 2. The van der Waals surface area contributed by atoms with Gasteiger partial charge in [0.1, 0.15) is 0 Å². The zero-order valence-electron chi connectivity index (χ0n) is 8.88. The largest absolute Gasteiger partial charge is 0.396 e. The number of hydrogen-bond acceptors (Lipinski definition) is 2. The fraction of sp³-hybridized carbons (Fsp3) is 0.250. The molecule has 3 nitrogen and oxygen atoms in total. The van der Waals surface area contributed by atoms with Crippen LogP contribution in [0, 0.1) is 6.92 Å². The molecule has 0 atom stereocenters. The van der Waals surface area contributed by atoms with Crippen molar-refractivity contribution >= 4 is 22.5 Å². The third-order valence-corrected chi connectivity index (χ3v) is 3.08. The molecule has 2 rings (SSSR count). The Bertz CT molecular complexity index is 589. The Kier molecular flexibility index (Phi) is 2.99. The molecule has 1 aromatic heterocycles. The zero-order valence-corrected chi connectivity index (χ0v) is 9.64. The van der Waals surface area contributed by atoms with Crippen LogP contribution in [0.15, 0.2) is 23.0 Å². The van der Waals surface area contributed by atoms with E-state index in [1.165, 1.54) is 0 Å². The molecule has 2 N–H and O–H groups in total. The third-order valence-electron chi connectivity index (χ3n) is 2.67. The molecule has 0 aliphatic heterocycles. The Hall–Kier alpha value is -1.32. The maximum Gasteiger partial charge on any atom is 0.251 e. The van der Waals surface area contributed by atoms with Gasteiger partial charge < -0.3 is 10.1 Å². The lowest BCUT2D eigenvalue weighted by Gasteiger charge is -2.06. The number of H-pyrrole nitrogens is 1. The van der Waals surface area contributed by atoms with E-state index in [2.05, 4.69) is 4.98 Å². The zero-order chi connectivity index (χ0) is 11.7. The molecule has 84 valence electrons. The fourth-order valence-corrected chi connectivity index (χ4v) is 1.90. The van der Waals surface area contributed by atoms with Crippen molar-refractivity contribution < 1.29 is 5.11 Å². The van der Waals surface area contributed by atoms with E-state index in [0.29, 0.717) is 17.0 Å². The van der Waals surface area contributed by atoms with Gasteiger partial charge in [-0.2, -0.15) is 0 Å². The topological polar surface area (TPSA) is 53.1 Å². The summed E-state index contributed by atoms with van der Waals surface area (Å²) in [5.41, 5.74) is 2.06. The Morgan fingerprint density at radius 2 is 2.19 bits per heavy atom.